The van der Waals surface area contributed by atoms with Crippen molar-refractivity contribution in [1.29, 1.82) is 0 Å². The first-order valence-electron chi connectivity index (χ1n) is 4.94. The number of anilines is 2. The van der Waals surface area contributed by atoms with Crippen molar-refractivity contribution in [2.45, 2.75) is 33.2 Å². The maximum Gasteiger partial charge on any atom is 0.123 e. The summed E-state index contributed by atoms with van der Waals surface area (Å²) in [6.07, 6.45) is 1.82. The monoisotopic (exact) mass is 193 g/mol. The molecule has 1 aromatic rings. The third-order valence-corrected chi connectivity index (χ3v) is 2.21. The number of pyridine rings is 1. The summed E-state index contributed by atoms with van der Waals surface area (Å²) in [6.45, 7) is 9.67. The minimum Gasteiger partial charge on any atom is -0.384 e. The molecule has 78 valence electrons. The van der Waals surface area contributed by atoms with E-state index in [9.17, 15) is 0 Å². The first-order valence-corrected chi connectivity index (χ1v) is 4.94. The lowest BCUT2D eigenvalue weighted by atomic mass is 10.1. The maximum absolute atomic E-state index is 5.55. The van der Waals surface area contributed by atoms with Crippen LogP contribution in [0.5, 0.6) is 0 Å². The van der Waals surface area contributed by atoms with E-state index in [1.165, 1.54) is 0 Å². The van der Waals surface area contributed by atoms with Crippen LogP contribution in [0.15, 0.2) is 18.3 Å². The second-order valence-electron chi connectivity index (χ2n) is 4.36. The van der Waals surface area contributed by atoms with Crippen LogP contribution in [0.1, 0.15) is 27.7 Å². The Morgan fingerprint density at radius 3 is 2.36 bits per heavy atom. The molecule has 3 nitrogen and oxygen atoms in total. The summed E-state index contributed by atoms with van der Waals surface area (Å²) in [4.78, 5) is 6.39. The molecular formula is C11H19N3. The number of hydrogen-bond donors (Lipinski definition) is 1. The van der Waals surface area contributed by atoms with E-state index in [2.05, 4.69) is 37.6 Å². The number of hydrogen-bond acceptors (Lipinski definition) is 3. The molecule has 0 amide bonds. The highest BCUT2D eigenvalue weighted by Gasteiger charge is 2.19. The summed E-state index contributed by atoms with van der Waals surface area (Å²) in [7, 11) is 0. The van der Waals surface area contributed by atoms with Gasteiger partial charge in [-0.25, -0.2) is 4.98 Å². The first-order chi connectivity index (χ1) is 6.45. The van der Waals surface area contributed by atoms with Gasteiger partial charge in [0.1, 0.15) is 5.82 Å². The minimum atomic E-state index is 0.118. The van der Waals surface area contributed by atoms with Crippen molar-refractivity contribution in [2.75, 3.05) is 17.2 Å². The Morgan fingerprint density at radius 2 is 2.00 bits per heavy atom. The smallest absolute Gasteiger partial charge is 0.123 e. The molecule has 0 bridgehead atoms. The fourth-order valence-corrected chi connectivity index (χ4v) is 1.60. The average molecular weight is 193 g/mol. The molecule has 1 heterocycles. The molecule has 14 heavy (non-hydrogen) atoms. The Morgan fingerprint density at radius 1 is 1.36 bits per heavy atom. The van der Waals surface area contributed by atoms with Gasteiger partial charge in [0, 0.05) is 12.1 Å². The van der Waals surface area contributed by atoms with E-state index in [-0.39, 0.29) is 5.54 Å². The van der Waals surface area contributed by atoms with Gasteiger partial charge >= 0.3 is 0 Å². The van der Waals surface area contributed by atoms with E-state index in [1.807, 2.05) is 18.3 Å². The van der Waals surface area contributed by atoms with Gasteiger partial charge in [0.05, 0.1) is 11.9 Å². The SMILES string of the molecule is CCN(c1ccc(N)nc1)C(C)(C)C. The van der Waals surface area contributed by atoms with Crippen molar-refractivity contribution >= 4 is 11.5 Å². The molecule has 0 saturated carbocycles. The van der Waals surface area contributed by atoms with Crippen LogP contribution in [-0.2, 0) is 0 Å². The minimum absolute atomic E-state index is 0.118. The van der Waals surface area contributed by atoms with Crippen LogP contribution in [0.25, 0.3) is 0 Å². The van der Waals surface area contributed by atoms with Crippen molar-refractivity contribution in [3.8, 4) is 0 Å². The molecule has 0 aromatic carbocycles. The first kappa shape index (κ1) is 10.8. The van der Waals surface area contributed by atoms with Crippen LogP contribution in [0, 0.1) is 0 Å². The Labute approximate surface area is 85.9 Å². The molecule has 0 fully saturated rings. The number of nitrogen functional groups attached to an aromatic ring is 1. The molecule has 0 aliphatic carbocycles. The molecule has 0 spiro atoms. The van der Waals surface area contributed by atoms with E-state index in [4.69, 9.17) is 5.73 Å². The maximum atomic E-state index is 5.55. The highest BCUT2D eigenvalue weighted by Crippen LogP contribution is 2.22. The van der Waals surface area contributed by atoms with E-state index in [0.29, 0.717) is 5.82 Å². The second kappa shape index (κ2) is 3.86. The highest BCUT2D eigenvalue weighted by molar-refractivity contribution is 5.49. The van der Waals surface area contributed by atoms with Gasteiger partial charge in [-0.05, 0) is 39.8 Å². The van der Waals surface area contributed by atoms with Crippen LogP contribution < -0.4 is 10.6 Å². The van der Waals surface area contributed by atoms with Crippen molar-refractivity contribution in [1.82, 2.24) is 4.98 Å². The van der Waals surface area contributed by atoms with Crippen LogP contribution in [0.4, 0.5) is 11.5 Å². The lowest BCUT2D eigenvalue weighted by Gasteiger charge is -2.36. The highest BCUT2D eigenvalue weighted by atomic mass is 15.2. The average Bonchev–Trinajstić information content (AvgIpc) is 2.07. The molecule has 2 N–H and O–H groups in total. The molecule has 1 rings (SSSR count). The molecule has 0 saturated heterocycles. The van der Waals surface area contributed by atoms with Crippen molar-refractivity contribution in [3.05, 3.63) is 18.3 Å². The van der Waals surface area contributed by atoms with Gasteiger partial charge in [-0.15, -0.1) is 0 Å². The summed E-state index contributed by atoms with van der Waals surface area (Å²) >= 11 is 0. The molecule has 0 atom stereocenters. The molecule has 0 aliphatic heterocycles. The van der Waals surface area contributed by atoms with Gasteiger partial charge in [-0.1, -0.05) is 0 Å². The van der Waals surface area contributed by atoms with Gasteiger partial charge in [0.2, 0.25) is 0 Å². The Kier molecular flexibility index (Phi) is 2.99. The number of nitrogens with zero attached hydrogens (tertiary/aromatic N) is 2. The normalized spacial score (nSPS) is 11.4. The third kappa shape index (κ3) is 2.37. The largest absolute Gasteiger partial charge is 0.384 e. The predicted octanol–water partition coefficient (Wildman–Crippen LogP) is 2.29. The van der Waals surface area contributed by atoms with Crippen LogP contribution >= 0.6 is 0 Å². The topological polar surface area (TPSA) is 42.1 Å². The van der Waals surface area contributed by atoms with E-state index in [0.717, 1.165) is 12.2 Å². The standard InChI is InChI=1S/C11H19N3/c1-5-14(11(2,3)4)9-6-7-10(12)13-8-9/h6-8H,5H2,1-4H3,(H2,12,13). The fourth-order valence-electron chi connectivity index (χ4n) is 1.60. The number of aromatic nitrogens is 1. The summed E-state index contributed by atoms with van der Waals surface area (Å²) in [5.74, 6) is 0.568. The van der Waals surface area contributed by atoms with Crippen molar-refractivity contribution in [2.24, 2.45) is 0 Å². The molecule has 3 heteroatoms. The van der Waals surface area contributed by atoms with Crippen molar-refractivity contribution in [3.63, 3.8) is 0 Å². The number of rotatable bonds is 2. The molecule has 0 unspecified atom stereocenters. The zero-order valence-corrected chi connectivity index (χ0v) is 9.41. The van der Waals surface area contributed by atoms with Gasteiger partial charge in [-0.2, -0.15) is 0 Å². The van der Waals surface area contributed by atoms with E-state index >= 15 is 0 Å². The van der Waals surface area contributed by atoms with Gasteiger partial charge in [0.15, 0.2) is 0 Å². The summed E-state index contributed by atoms with van der Waals surface area (Å²) in [6, 6.07) is 3.85. The van der Waals surface area contributed by atoms with Crippen molar-refractivity contribution < 1.29 is 0 Å². The van der Waals surface area contributed by atoms with Gasteiger partial charge in [-0.3, -0.25) is 0 Å². The van der Waals surface area contributed by atoms with Crippen LogP contribution in [0.2, 0.25) is 0 Å². The molecule has 0 radical (unpaired) electrons. The lowest BCUT2D eigenvalue weighted by Crippen LogP contribution is -2.41. The third-order valence-electron chi connectivity index (χ3n) is 2.21. The lowest BCUT2D eigenvalue weighted by molar-refractivity contribution is 0.513. The number of nitrogens with two attached hydrogens (primary N) is 1. The van der Waals surface area contributed by atoms with Gasteiger partial charge in [0.25, 0.3) is 0 Å². The van der Waals surface area contributed by atoms with E-state index in [1.54, 1.807) is 0 Å². The second-order valence-corrected chi connectivity index (χ2v) is 4.36. The molecule has 0 aliphatic rings. The van der Waals surface area contributed by atoms with Crippen LogP contribution in [0.3, 0.4) is 0 Å². The Balaban J connectivity index is 2.96. The quantitative estimate of drug-likeness (QED) is 0.783. The molecular weight excluding hydrogens is 174 g/mol. The summed E-state index contributed by atoms with van der Waals surface area (Å²) in [5.41, 5.74) is 6.78. The summed E-state index contributed by atoms with van der Waals surface area (Å²) in [5, 5.41) is 0. The Bertz CT molecular complexity index is 284. The zero-order chi connectivity index (χ0) is 10.8. The van der Waals surface area contributed by atoms with Crippen LogP contribution in [-0.4, -0.2) is 17.1 Å². The fraction of sp³-hybridized carbons (Fsp3) is 0.545. The molecule has 1 aromatic heterocycles. The summed E-state index contributed by atoms with van der Waals surface area (Å²) < 4.78 is 0. The zero-order valence-electron chi connectivity index (χ0n) is 9.41. The van der Waals surface area contributed by atoms with E-state index < -0.39 is 0 Å². The predicted molar refractivity (Wildman–Crippen MR) is 61.4 cm³/mol. The van der Waals surface area contributed by atoms with Gasteiger partial charge < -0.3 is 10.6 Å². The Hall–Kier alpha value is -1.25.